The summed E-state index contributed by atoms with van der Waals surface area (Å²) in [5.74, 6) is 1.54. The van der Waals surface area contributed by atoms with Crippen molar-refractivity contribution in [3.8, 4) is 5.75 Å². The zero-order chi connectivity index (χ0) is 13.5. The van der Waals surface area contributed by atoms with E-state index in [0.29, 0.717) is 12.5 Å². The van der Waals surface area contributed by atoms with Crippen molar-refractivity contribution in [2.75, 3.05) is 13.2 Å². The van der Waals surface area contributed by atoms with Crippen LogP contribution in [0.2, 0.25) is 0 Å². The molecule has 1 aromatic rings. The smallest absolute Gasteiger partial charge is 0.124 e. The molecule has 18 heavy (non-hydrogen) atoms. The van der Waals surface area contributed by atoms with E-state index in [9.17, 15) is 0 Å². The molecule has 1 aromatic carbocycles. The predicted octanol–water partition coefficient (Wildman–Crippen LogP) is 4.48. The van der Waals surface area contributed by atoms with Crippen molar-refractivity contribution in [3.63, 3.8) is 0 Å². The minimum atomic E-state index is 0.485. The van der Waals surface area contributed by atoms with Crippen molar-refractivity contribution in [1.82, 2.24) is 5.32 Å². The van der Waals surface area contributed by atoms with Crippen molar-refractivity contribution < 1.29 is 4.74 Å². The Labute approximate surface area is 126 Å². The van der Waals surface area contributed by atoms with E-state index in [0.717, 1.165) is 33.4 Å². The van der Waals surface area contributed by atoms with E-state index in [1.165, 1.54) is 0 Å². The molecule has 0 bridgehead atoms. The van der Waals surface area contributed by atoms with Gasteiger partial charge in [0, 0.05) is 21.1 Å². The van der Waals surface area contributed by atoms with Gasteiger partial charge < -0.3 is 10.1 Å². The number of halogens is 2. The van der Waals surface area contributed by atoms with Crippen molar-refractivity contribution >= 4 is 31.9 Å². The standard InChI is InChI=1S/C14H19Br2NO/c1-10(2)7-17-8-12-6-13(16)4-5-14(12)18-9-11(3)15/h4-6,10,17H,3,7-9H2,1-2H3. The number of rotatable bonds is 7. The SMILES string of the molecule is C=C(Br)COc1ccc(Br)cc1CNCC(C)C. The van der Waals surface area contributed by atoms with Crippen LogP contribution in [0.1, 0.15) is 19.4 Å². The summed E-state index contributed by atoms with van der Waals surface area (Å²) >= 11 is 6.79. The summed E-state index contributed by atoms with van der Waals surface area (Å²) in [6, 6.07) is 6.05. The van der Waals surface area contributed by atoms with Gasteiger partial charge in [0.05, 0.1) is 0 Å². The maximum Gasteiger partial charge on any atom is 0.124 e. The molecular weight excluding hydrogens is 358 g/mol. The molecule has 0 amide bonds. The van der Waals surface area contributed by atoms with Gasteiger partial charge in [0.25, 0.3) is 0 Å². The Morgan fingerprint density at radius 2 is 2.17 bits per heavy atom. The van der Waals surface area contributed by atoms with Gasteiger partial charge in [-0.1, -0.05) is 52.3 Å². The Morgan fingerprint density at radius 3 is 2.78 bits per heavy atom. The number of hydrogen-bond donors (Lipinski definition) is 1. The van der Waals surface area contributed by atoms with E-state index in [1.807, 2.05) is 12.1 Å². The second kappa shape index (κ2) is 7.97. The Bertz CT molecular complexity index is 405. The highest BCUT2D eigenvalue weighted by Gasteiger charge is 2.05. The van der Waals surface area contributed by atoms with Crippen LogP contribution in [0.5, 0.6) is 5.75 Å². The molecule has 0 fully saturated rings. The van der Waals surface area contributed by atoms with Gasteiger partial charge in [-0.2, -0.15) is 0 Å². The molecule has 0 aliphatic heterocycles. The van der Waals surface area contributed by atoms with Crippen LogP contribution in [0.15, 0.2) is 33.7 Å². The quantitative estimate of drug-likeness (QED) is 0.757. The van der Waals surface area contributed by atoms with Gasteiger partial charge in [0.15, 0.2) is 0 Å². The summed E-state index contributed by atoms with van der Waals surface area (Å²) in [4.78, 5) is 0. The molecule has 1 rings (SSSR count). The van der Waals surface area contributed by atoms with Crippen LogP contribution in [0, 0.1) is 5.92 Å². The fraction of sp³-hybridized carbons (Fsp3) is 0.429. The molecule has 0 atom stereocenters. The topological polar surface area (TPSA) is 21.3 Å². The third-order valence-corrected chi connectivity index (χ3v) is 3.00. The first kappa shape index (κ1) is 15.7. The summed E-state index contributed by atoms with van der Waals surface area (Å²) in [6.45, 7) is 10.4. The molecule has 100 valence electrons. The van der Waals surface area contributed by atoms with Crippen LogP contribution in [-0.2, 0) is 6.54 Å². The Hall–Kier alpha value is -0.320. The first-order chi connectivity index (χ1) is 8.49. The fourth-order valence-corrected chi connectivity index (χ4v) is 2.00. The average molecular weight is 377 g/mol. The molecule has 0 unspecified atom stereocenters. The van der Waals surface area contributed by atoms with Gasteiger partial charge in [0.1, 0.15) is 12.4 Å². The van der Waals surface area contributed by atoms with Crippen LogP contribution in [0.25, 0.3) is 0 Å². The Kier molecular flexibility index (Phi) is 6.97. The summed E-state index contributed by atoms with van der Waals surface area (Å²) < 4.78 is 7.61. The lowest BCUT2D eigenvalue weighted by Crippen LogP contribution is -2.19. The molecule has 0 aliphatic carbocycles. The lowest BCUT2D eigenvalue weighted by molar-refractivity contribution is 0.355. The lowest BCUT2D eigenvalue weighted by atomic mass is 10.2. The molecule has 0 saturated heterocycles. The summed E-state index contributed by atoms with van der Waals surface area (Å²) in [6.07, 6.45) is 0. The highest BCUT2D eigenvalue weighted by atomic mass is 79.9. The summed E-state index contributed by atoms with van der Waals surface area (Å²) in [5.41, 5.74) is 1.15. The molecule has 2 nitrogen and oxygen atoms in total. The maximum absolute atomic E-state index is 5.70. The molecule has 0 radical (unpaired) electrons. The van der Waals surface area contributed by atoms with Crippen LogP contribution < -0.4 is 10.1 Å². The van der Waals surface area contributed by atoms with Crippen molar-refractivity contribution in [2.45, 2.75) is 20.4 Å². The van der Waals surface area contributed by atoms with Crippen molar-refractivity contribution in [2.24, 2.45) is 5.92 Å². The van der Waals surface area contributed by atoms with E-state index >= 15 is 0 Å². The summed E-state index contributed by atoms with van der Waals surface area (Å²) in [5, 5.41) is 3.42. The van der Waals surface area contributed by atoms with Gasteiger partial charge in [-0.25, -0.2) is 0 Å². The van der Waals surface area contributed by atoms with E-state index in [-0.39, 0.29) is 0 Å². The van der Waals surface area contributed by atoms with Crippen LogP contribution >= 0.6 is 31.9 Å². The molecule has 0 saturated carbocycles. The first-order valence-electron chi connectivity index (χ1n) is 5.94. The van der Waals surface area contributed by atoms with Gasteiger partial charge >= 0.3 is 0 Å². The van der Waals surface area contributed by atoms with Gasteiger partial charge in [-0.15, -0.1) is 0 Å². The first-order valence-corrected chi connectivity index (χ1v) is 7.53. The zero-order valence-corrected chi connectivity index (χ0v) is 14.0. The van der Waals surface area contributed by atoms with Gasteiger partial charge in [-0.05, 0) is 30.7 Å². The number of nitrogens with one attached hydrogen (secondary N) is 1. The zero-order valence-electron chi connectivity index (χ0n) is 10.8. The fourth-order valence-electron chi connectivity index (χ4n) is 1.48. The number of benzene rings is 1. The second-order valence-corrected chi connectivity index (χ2v) is 6.62. The molecule has 0 aromatic heterocycles. The molecule has 0 heterocycles. The van der Waals surface area contributed by atoms with Gasteiger partial charge in [0.2, 0.25) is 0 Å². The Balaban J connectivity index is 2.67. The van der Waals surface area contributed by atoms with Crippen LogP contribution in [0.3, 0.4) is 0 Å². The highest BCUT2D eigenvalue weighted by molar-refractivity contribution is 9.11. The lowest BCUT2D eigenvalue weighted by Gasteiger charge is -2.13. The average Bonchev–Trinajstić information content (AvgIpc) is 2.27. The van der Waals surface area contributed by atoms with Crippen LogP contribution in [0.4, 0.5) is 0 Å². The van der Waals surface area contributed by atoms with Crippen molar-refractivity contribution in [3.05, 3.63) is 39.3 Å². The summed E-state index contributed by atoms with van der Waals surface area (Å²) in [7, 11) is 0. The van der Waals surface area contributed by atoms with Crippen LogP contribution in [-0.4, -0.2) is 13.2 Å². The maximum atomic E-state index is 5.70. The highest BCUT2D eigenvalue weighted by Crippen LogP contribution is 2.24. The third kappa shape index (κ3) is 6.03. The third-order valence-electron chi connectivity index (χ3n) is 2.27. The minimum absolute atomic E-state index is 0.485. The number of hydrogen-bond acceptors (Lipinski definition) is 2. The largest absolute Gasteiger partial charge is 0.488 e. The van der Waals surface area contributed by atoms with Gasteiger partial charge in [-0.3, -0.25) is 0 Å². The Morgan fingerprint density at radius 1 is 1.44 bits per heavy atom. The number of ether oxygens (including phenoxy) is 1. The van der Waals surface area contributed by atoms with E-state index in [1.54, 1.807) is 0 Å². The predicted molar refractivity (Wildman–Crippen MR) is 84.2 cm³/mol. The van der Waals surface area contributed by atoms with Crippen molar-refractivity contribution in [1.29, 1.82) is 0 Å². The second-order valence-electron chi connectivity index (χ2n) is 4.58. The van der Waals surface area contributed by atoms with E-state index in [4.69, 9.17) is 4.74 Å². The molecule has 0 spiro atoms. The molecular formula is C14H19Br2NO. The minimum Gasteiger partial charge on any atom is -0.488 e. The van der Waals surface area contributed by atoms with E-state index < -0.39 is 0 Å². The monoisotopic (exact) mass is 375 g/mol. The van der Waals surface area contributed by atoms with E-state index in [2.05, 4.69) is 63.7 Å². The normalized spacial score (nSPS) is 10.7. The molecule has 4 heteroatoms. The molecule has 0 aliphatic rings. The molecule has 1 N–H and O–H groups in total.